The van der Waals surface area contributed by atoms with Crippen molar-refractivity contribution in [3.8, 4) is 0 Å². The minimum absolute atomic E-state index is 0.335. The van der Waals surface area contributed by atoms with Crippen molar-refractivity contribution in [2.24, 2.45) is 0 Å². The van der Waals surface area contributed by atoms with Crippen LogP contribution in [0.3, 0.4) is 0 Å². The molecule has 0 aliphatic rings. The highest BCUT2D eigenvalue weighted by Crippen LogP contribution is 2.10. The highest BCUT2D eigenvalue weighted by Gasteiger charge is 1.97. The molecule has 2 rings (SSSR count). The lowest BCUT2D eigenvalue weighted by atomic mass is 10.1. The maximum Gasteiger partial charge on any atom is 0.331 e. The highest BCUT2D eigenvalue weighted by atomic mass is 16.5. The molecular weight excluding hydrogens is 284 g/mol. The van der Waals surface area contributed by atoms with Crippen LogP contribution in [0, 0.1) is 0 Å². The van der Waals surface area contributed by atoms with E-state index in [2.05, 4.69) is 0 Å². The Hall–Kier alpha value is -2.87. The summed E-state index contributed by atoms with van der Waals surface area (Å²) in [6.45, 7) is 2.17. The minimum Gasteiger partial charge on any atom is -0.463 e. The Morgan fingerprint density at radius 1 is 0.870 bits per heavy atom. The van der Waals surface area contributed by atoms with Crippen molar-refractivity contribution in [2.75, 3.05) is 6.61 Å². The Morgan fingerprint density at radius 2 is 1.35 bits per heavy atom. The first kappa shape index (κ1) is 16.5. The monoisotopic (exact) mass is 304 g/mol. The van der Waals surface area contributed by atoms with E-state index in [-0.39, 0.29) is 5.97 Å². The van der Waals surface area contributed by atoms with Crippen LogP contribution < -0.4 is 0 Å². The van der Waals surface area contributed by atoms with E-state index in [0.29, 0.717) is 6.61 Å². The Balaban J connectivity index is 2.19. The normalized spacial score (nSPS) is 10.8. The molecule has 0 aliphatic carbocycles. The van der Waals surface area contributed by atoms with Crippen LogP contribution in [0.4, 0.5) is 0 Å². The number of allylic oxidation sites excluding steroid dienone is 3. The SMILES string of the molecule is CCOC(=O)C=C(/C=C/c1ccccc1)/C=C/c1ccccc1. The summed E-state index contributed by atoms with van der Waals surface area (Å²) in [5.41, 5.74) is 2.95. The molecule has 2 aromatic carbocycles. The van der Waals surface area contributed by atoms with Crippen LogP contribution in [0.25, 0.3) is 12.2 Å². The standard InChI is InChI=1S/C21H20O2/c1-2-23-21(22)17-20(15-13-18-9-5-3-6-10-18)16-14-19-11-7-4-8-12-19/h3-17H,2H2,1H3/b15-13+,16-14+. The molecule has 0 heterocycles. The third-order valence-electron chi connectivity index (χ3n) is 3.11. The van der Waals surface area contributed by atoms with E-state index in [4.69, 9.17) is 4.74 Å². The van der Waals surface area contributed by atoms with Gasteiger partial charge in [0.05, 0.1) is 6.61 Å². The van der Waals surface area contributed by atoms with Crippen LogP contribution in [-0.2, 0) is 9.53 Å². The molecule has 0 fully saturated rings. The van der Waals surface area contributed by atoms with E-state index in [1.807, 2.05) is 85.0 Å². The molecule has 0 spiro atoms. The van der Waals surface area contributed by atoms with Crippen molar-refractivity contribution < 1.29 is 9.53 Å². The summed E-state index contributed by atoms with van der Waals surface area (Å²) in [7, 11) is 0. The second kappa shape index (κ2) is 9.21. The van der Waals surface area contributed by atoms with Gasteiger partial charge in [-0.2, -0.15) is 0 Å². The van der Waals surface area contributed by atoms with E-state index in [9.17, 15) is 4.79 Å². The molecule has 0 radical (unpaired) electrons. The topological polar surface area (TPSA) is 26.3 Å². The molecule has 0 bridgehead atoms. The van der Waals surface area contributed by atoms with Crippen molar-refractivity contribution in [1.29, 1.82) is 0 Å². The lowest BCUT2D eigenvalue weighted by molar-refractivity contribution is -0.137. The van der Waals surface area contributed by atoms with E-state index in [0.717, 1.165) is 16.7 Å². The maximum atomic E-state index is 11.7. The molecule has 2 aromatic rings. The van der Waals surface area contributed by atoms with Gasteiger partial charge in [0.1, 0.15) is 0 Å². The lowest BCUT2D eigenvalue weighted by Gasteiger charge is -1.99. The first-order valence-electron chi connectivity index (χ1n) is 7.62. The minimum atomic E-state index is -0.335. The molecule has 0 atom stereocenters. The van der Waals surface area contributed by atoms with Crippen LogP contribution in [0.5, 0.6) is 0 Å². The molecule has 0 aliphatic heterocycles. The number of hydrogen-bond acceptors (Lipinski definition) is 2. The van der Waals surface area contributed by atoms with E-state index < -0.39 is 0 Å². The van der Waals surface area contributed by atoms with Crippen molar-refractivity contribution >= 4 is 18.1 Å². The number of carbonyl (C=O) groups excluding carboxylic acids is 1. The van der Waals surface area contributed by atoms with Crippen LogP contribution in [0.2, 0.25) is 0 Å². The average Bonchev–Trinajstić information content (AvgIpc) is 2.59. The molecule has 0 unspecified atom stereocenters. The lowest BCUT2D eigenvalue weighted by Crippen LogP contribution is -2.00. The zero-order valence-electron chi connectivity index (χ0n) is 13.2. The van der Waals surface area contributed by atoms with E-state index in [1.54, 1.807) is 6.92 Å². The van der Waals surface area contributed by atoms with Gasteiger partial charge in [0, 0.05) is 6.08 Å². The summed E-state index contributed by atoms with van der Waals surface area (Å²) < 4.78 is 4.99. The van der Waals surface area contributed by atoms with Crippen molar-refractivity contribution in [3.05, 3.63) is 95.6 Å². The van der Waals surface area contributed by atoms with Crippen molar-refractivity contribution in [2.45, 2.75) is 6.92 Å². The van der Waals surface area contributed by atoms with Gasteiger partial charge in [-0.15, -0.1) is 0 Å². The van der Waals surface area contributed by atoms with Crippen molar-refractivity contribution in [3.63, 3.8) is 0 Å². The second-order valence-electron chi connectivity index (χ2n) is 4.88. The number of benzene rings is 2. The molecule has 23 heavy (non-hydrogen) atoms. The van der Waals surface area contributed by atoms with Gasteiger partial charge < -0.3 is 4.74 Å². The molecule has 2 nitrogen and oxygen atoms in total. The van der Waals surface area contributed by atoms with Gasteiger partial charge in [-0.05, 0) is 23.6 Å². The van der Waals surface area contributed by atoms with Crippen LogP contribution in [0.15, 0.2) is 84.5 Å². The molecule has 0 amide bonds. The molecule has 2 heteroatoms. The fourth-order valence-electron chi connectivity index (χ4n) is 1.98. The summed E-state index contributed by atoms with van der Waals surface area (Å²) in [5.74, 6) is -0.335. The van der Waals surface area contributed by atoms with Gasteiger partial charge in [-0.25, -0.2) is 4.79 Å². The molecular formula is C21H20O2. The van der Waals surface area contributed by atoms with Crippen LogP contribution in [-0.4, -0.2) is 12.6 Å². The molecule has 0 saturated heterocycles. The number of rotatable bonds is 6. The third kappa shape index (κ3) is 6.18. The largest absolute Gasteiger partial charge is 0.463 e. The summed E-state index contributed by atoms with van der Waals surface area (Å²) in [4.78, 5) is 11.7. The number of carbonyl (C=O) groups is 1. The predicted octanol–water partition coefficient (Wildman–Crippen LogP) is 4.90. The summed E-state index contributed by atoms with van der Waals surface area (Å²) in [5, 5.41) is 0. The molecule has 0 N–H and O–H groups in total. The first-order chi connectivity index (χ1) is 11.3. The molecule has 0 aromatic heterocycles. The Morgan fingerprint density at radius 3 is 1.78 bits per heavy atom. The number of hydrogen-bond donors (Lipinski definition) is 0. The van der Waals surface area contributed by atoms with Crippen LogP contribution >= 0.6 is 0 Å². The zero-order chi connectivity index (χ0) is 16.3. The van der Waals surface area contributed by atoms with Gasteiger partial charge in [0.2, 0.25) is 0 Å². The fraction of sp³-hybridized carbons (Fsp3) is 0.0952. The van der Waals surface area contributed by atoms with Gasteiger partial charge in [0.25, 0.3) is 0 Å². The average molecular weight is 304 g/mol. The van der Waals surface area contributed by atoms with Crippen molar-refractivity contribution in [1.82, 2.24) is 0 Å². The second-order valence-corrected chi connectivity index (χ2v) is 4.88. The quantitative estimate of drug-likeness (QED) is 0.431. The van der Waals surface area contributed by atoms with Crippen LogP contribution in [0.1, 0.15) is 18.1 Å². The van der Waals surface area contributed by atoms with Gasteiger partial charge >= 0.3 is 5.97 Å². The van der Waals surface area contributed by atoms with Gasteiger partial charge in [-0.1, -0.05) is 85.0 Å². The Kier molecular flexibility index (Phi) is 6.61. The smallest absolute Gasteiger partial charge is 0.331 e. The van der Waals surface area contributed by atoms with E-state index in [1.165, 1.54) is 6.08 Å². The maximum absolute atomic E-state index is 11.7. The zero-order valence-corrected chi connectivity index (χ0v) is 13.2. The number of ether oxygens (including phenoxy) is 1. The Bertz CT molecular complexity index is 644. The van der Waals surface area contributed by atoms with E-state index >= 15 is 0 Å². The molecule has 116 valence electrons. The van der Waals surface area contributed by atoms with Gasteiger partial charge in [-0.3, -0.25) is 0 Å². The highest BCUT2D eigenvalue weighted by molar-refractivity contribution is 5.85. The van der Waals surface area contributed by atoms with Gasteiger partial charge in [0.15, 0.2) is 0 Å². The Labute approximate surface area is 137 Å². The summed E-state index contributed by atoms with van der Waals surface area (Å²) >= 11 is 0. The third-order valence-corrected chi connectivity index (χ3v) is 3.11. The summed E-state index contributed by atoms with van der Waals surface area (Å²) in [6.07, 6.45) is 9.26. The number of esters is 1. The predicted molar refractivity (Wildman–Crippen MR) is 95.7 cm³/mol. The molecule has 0 saturated carbocycles. The first-order valence-corrected chi connectivity index (χ1v) is 7.62. The summed E-state index contributed by atoms with van der Waals surface area (Å²) in [6, 6.07) is 19.9. The fourth-order valence-corrected chi connectivity index (χ4v) is 1.98.